The van der Waals surface area contributed by atoms with Crippen LogP contribution in [-0.2, 0) is 4.79 Å². The van der Waals surface area contributed by atoms with Gasteiger partial charge in [-0.05, 0) is 19.1 Å². The normalized spacial score (nSPS) is 14.2. The molecule has 0 saturated heterocycles. The molecule has 0 saturated carbocycles. The van der Waals surface area contributed by atoms with Gasteiger partial charge in [-0.25, -0.2) is 0 Å². The smallest absolute Gasteiger partial charge is 0.237 e. The van der Waals surface area contributed by atoms with E-state index in [9.17, 15) is 4.79 Å². The Balaban J connectivity index is 2.46. The number of rotatable bonds is 5. The van der Waals surface area contributed by atoms with Crippen molar-refractivity contribution in [2.45, 2.75) is 24.3 Å². The van der Waals surface area contributed by atoms with Crippen molar-refractivity contribution in [3.8, 4) is 0 Å². The molecule has 0 unspecified atom stereocenters. The van der Waals surface area contributed by atoms with Crippen LogP contribution in [0, 0.1) is 0 Å². The van der Waals surface area contributed by atoms with Gasteiger partial charge >= 0.3 is 0 Å². The summed E-state index contributed by atoms with van der Waals surface area (Å²) in [7, 11) is 0. The highest BCUT2D eigenvalue weighted by atomic mass is 32.2. The molecule has 2 atom stereocenters. The quantitative estimate of drug-likeness (QED) is 0.827. The van der Waals surface area contributed by atoms with E-state index in [1.807, 2.05) is 44.2 Å². The first-order valence-corrected chi connectivity index (χ1v) is 6.20. The predicted molar refractivity (Wildman–Crippen MR) is 68.7 cm³/mol. The van der Waals surface area contributed by atoms with Gasteiger partial charge in [-0.15, -0.1) is 11.8 Å². The Bertz CT molecular complexity index is 329. The van der Waals surface area contributed by atoms with Crippen molar-refractivity contribution in [2.75, 3.05) is 11.9 Å². The zero-order valence-electron chi connectivity index (χ0n) is 9.51. The summed E-state index contributed by atoms with van der Waals surface area (Å²) in [6.07, 6.45) is 0. The molecule has 16 heavy (non-hydrogen) atoms. The van der Waals surface area contributed by atoms with E-state index < -0.39 is 0 Å². The number of anilines is 1. The molecule has 2 N–H and O–H groups in total. The van der Waals surface area contributed by atoms with Gasteiger partial charge in [0.2, 0.25) is 5.91 Å². The summed E-state index contributed by atoms with van der Waals surface area (Å²) in [6.45, 7) is 3.83. The van der Waals surface area contributed by atoms with E-state index in [1.54, 1.807) is 0 Å². The van der Waals surface area contributed by atoms with Crippen molar-refractivity contribution in [1.82, 2.24) is 0 Å². The first-order chi connectivity index (χ1) is 7.63. The Labute approximate surface area is 100 Å². The molecular formula is C12H17NO2S. The zero-order chi connectivity index (χ0) is 12.0. The van der Waals surface area contributed by atoms with Gasteiger partial charge in [0.1, 0.15) is 0 Å². The molecule has 1 aromatic carbocycles. The fraction of sp³-hybridized carbons (Fsp3) is 0.417. The van der Waals surface area contributed by atoms with Gasteiger partial charge in [-0.2, -0.15) is 0 Å². The number of para-hydroxylation sites is 1. The van der Waals surface area contributed by atoms with Crippen LogP contribution in [0.4, 0.5) is 5.69 Å². The fourth-order valence-electron chi connectivity index (χ4n) is 1.22. The van der Waals surface area contributed by atoms with Crippen LogP contribution in [0.1, 0.15) is 13.8 Å². The third-order valence-electron chi connectivity index (χ3n) is 2.10. The average Bonchev–Trinajstić information content (AvgIpc) is 2.30. The summed E-state index contributed by atoms with van der Waals surface area (Å²) >= 11 is 1.46. The molecule has 1 amide bonds. The minimum absolute atomic E-state index is 0.0310. The molecule has 0 aliphatic heterocycles. The molecular weight excluding hydrogens is 222 g/mol. The number of aliphatic hydroxyl groups excluding tert-OH is 1. The van der Waals surface area contributed by atoms with Gasteiger partial charge in [-0.1, -0.05) is 25.1 Å². The summed E-state index contributed by atoms with van der Waals surface area (Å²) in [4.78, 5) is 11.8. The first-order valence-electron chi connectivity index (χ1n) is 5.25. The Morgan fingerprint density at radius 2 is 2.00 bits per heavy atom. The van der Waals surface area contributed by atoms with Crippen LogP contribution >= 0.6 is 11.8 Å². The van der Waals surface area contributed by atoms with E-state index in [2.05, 4.69) is 5.32 Å². The van der Waals surface area contributed by atoms with Crippen LogP contribution in [0.5, 0.6) is 0 Å². The number of carbonyl (C=O) groups is 1. The molecule has 0 heterocycles. The Morgan fingerprint density at radius 1 is 1.38 bits per heavy atom. The van der Waals surface area contributed by atoms with E-state index in [1.165, 1.54) is 11.8 Å². The lowest BCUT2D eigenvalue weighted by atomic mass is 10.3. The van der Waals surface area contributed by atoms with Gasteiger partial charge in [0.15, 0.2) is 0 Å². The number of thioether (sulfide) groups is 1. The molecule has 0 spiro atoms. The highest BCUT2D eigenvalue weighted by molar-refractivity contribution is 8.01. The summed E-state index contributed by atoms with van der Waals surface area (Å²) in [5.41, 5.74) is 0.802. The second kappa shape index (κ2) is 6.55. The fourth-order valence-corrected chi connectivity index (χ4v) is 2.18. The van der Waals surface area contributed by atoms with Gasteiger partial charge in [0.25, 0.3) is 0 Å². The Hall–Kier alpha value is -1.00. The maximum atomic E-state index is 11.8. The molecule has 0 aliphatic carbocycles. The lowest BCUT2D eigenvalue weighted by molar-refractivity contribution is -0.115. The van der Waals surface area contributed by atoms with Crippen molar-refractivity contribution < 1.29 is 9.90 Å². The number of hydrogen-bond acceptors (Lipinski definition) is 3. The van der Waals surface area contributed by atoms with Crippen molar-refractivity contribution in [1.29, 1.82) is 0 Å². The first kappa shape index (κ1) is 13.1. The van der Waals surface area contributed by atoms with Crippen LogP contribution in [0.2, 0.25) is 0 Å². The number of carbonyl (C=O) groups excluding carboxylic acids is 1. The number of nitrogens with one attached hydrogen (secondary N) is 1. The van der Waals surface area contributed by atoms with Crippen molar-refractivity contribution in [2.24, 2.45) is 0 Å². The molecule has 1 rings (SSSR count). The standard InChI is InChI=1S/C12H17NO2S/c1-9(8-14)16-10(2)12(15)13-11-6-4-3-5-7-11/h3-7,9-10,14H,8H2,1-2H3,(H,13,15)/t9-,10+/m1/s1. The van der Waals surface area contributed by atoms with Crippen molar-refractivity contribution >= 4 is 23.4 Å². The van der Waals surface area contributed by atoms with E-state index in [0.29, 0.717) is 0 Å². The highest BCUT2D eigenvalue weighted by Crippen LogP contribution is 2.18. The topological polar surface area (TPSA) is 49.3 Å². The molecule has 1 aromatic rings. The van der Waals surface area contributed by atoms with E-state index in [0.717, 1.165) is 5.69 Å². The average molecular weight is 239 g/mol. The molecule has 4 heteroatoms. The van der Waals surface area contributed by atoms with E-state index >= 15 is 0 Å². The third-order valence-corrected chi connectivity index (χ3v) is 3.34. The van der Waals surface area contributed by atoms with E-state index in [4.69, 9.17) is 5.11 Å². The summed E-state index contributed by atoms with van der Waals surface area (Å²) < 4.78 is 0. The van der Waals surface area contributed by atoms with Gasteiger partial charge in [0, 0.05) is 10.9 Å². The number of aliphatic hydroxyl groups is 1. The van der Waals surface area contributed by atoms with Crippen molar-refractivity contribution in [3.63, 3.8) is 0 Å². The second-order valence-corrected chi connectivity index (χ2v) is 5.41. The Kier molecular flexibility index (Phi) is 5.35. The predicted octanol–water partition coefficient (Wildman–Crippen LogP) is 2.13. The highest BCUT2D eigenvalue weighted by Gasteiger charge is 2.16. The molecule has 3 nitrogen and oxygen atoms in total. The van der Waals surface area contributed by atoms with Crippen LogP contribution < -0.4 is 5.32 Å². The number of benzene rings is 1. The van der Waals surface area contributed by atoms with Crippen LogP contribution in [-0.4, -0.2) is 28.1 Å². The molecule has 0 fully saturated rings. The van der Waals surface area contributed by atoms with Crippen LogP contribution in [0.15, 0.2) is 30.3 Å². The van der Waals surface area contributed by atoms with Crippen LogP contribution in [0.25, 0.3) is 0 Å². The lowest BCUT2D eigenvalue weighted by Crippen LogP contribution is -2.24. The molecule has 0 aromatic heterocycles. The monoisotopic (exact) mass is 239 g/mol. The van der Waals surface area contributed by atoms with E-state index in [-0.39, 0.29) is 23.0 Å². The minimum Gasteiger partial charge on any atom is -0.395 e. The minimum atomic E-state index is -0.164. The maximum absolute atomic E-state index is 11.8. The van der Waals surface area contributed by atoms with Crippen molar-refractivity contribution in [3.05, 3.63) is 30.3 Å². The lowest BCUT2D eigenvalue weighted by Gasteiger charge is -2.15. The SMILES string of the molecule is C[C@H](CO)S[C@@H](C)C(=O)Nc1ccccc1. The summed E-state index contributed by atoms with van der Waals surface area (Å²) in [5.74, 6) is -0.0310. The number of hydrogen-bond donors (Lipinski definition) is 2. The third kappa shape index (κ3) is 4.24. The Morgan fingerprint density at radius 3 is 2.56 bits per heavy atom. The zero-order valence-corrected chi connectivity index (χ0v) is 10.3. The summed E-state index contributed by atoms with van der Waals surface area (Å²) in [5, 5.41) is 11.6. The number of amides is 1. The van der Waals surface area contributed by atoms with Gasteiger partial charge < -0.3 is 10.4 Å². The van der Waals surface area contributed by atoms with Crippen LogP contribution in [0.3, 0.4) is 0 Å². The molecule has 0 bridgehead atoms. The molecule has 0 radical (unpaired) electrons. The van der Waals surface area contributed by atoms with Gasteiger partial charge in [0.05, 0.1) is 11.9 Å². The largest absolute Gasteiger partial charge is 0.395 e. The summed E-state index contributed by atoms with van der Waals surface area (Å²) in [6, 6.07) is 9.37. The van der Waals surface area contributed by atoms with Gasteiger partial charge in [-0.3, -0.25) is 4.79 Å². The molecule has 0 aliphatic rings. The molecule has 88 valence electrons. The maximum Gasteiger partial charge on any atom is 0.237 e. The second-order valence-electron chi connectivity index (χ2n) is 3.63.